The Balaban J connectivity index is 0.000000310. The lowest BCUT2D eigenvalue weighted by atomic mass is 10.2. The molecule has 0 heterocycles. The summed E-state index contributed by atoms with van der Waals surface area (Å²) in [5, 5.41) is 0. The van der Waals surface area contributed by atoms with Crippen molar-refractivity contribution in [3.8, 4) is 0 Å². The van der Waals surface area contributed by atoms with E-state index in [4.69, 9.17) is 13.3 Å². The Morgan fingerprint density at radius 2 is 1.77 bits per heavy atom. The second-order valence-corrected chi connectivity index (χ2v) is 2.33. The Morgan fingerprint density at radius 1 is 1.31 bits per heavy atom. The number of carbonyl (C=O) groups is 1. The molecule has 13 heavy (non-hydrogen) atoms. The van der Waals surface area contributed by atoms with E-state index in [-0.39, 0.29) is 5.56 Å². The minimum Gasteiger partial charge on any atom is -0.298 e. The van der Waals surface area contributed by atoms with E-state index in [1.807, 2.05) is 0 Å². The van der Waals surface area contributed by atoms with Crippen LogP contribution in [0.4, 0.5) is 4.39 Å². The normalized spacial score (nSPS) is 8.92. The van der Waals surface area contributed by atoms with Crippen molar-refractivity contribution in [3.05, 3.63) is 35.6 Å². The fourth-order valence-electron chi connectivity index (χ4n) is 0.571. The van der Waals surface area contributed by atoms with Crippen LogP contribution in [0.15, 0.2) is 24.3 Å². The van der Waals surface area contributed by atoms with Gasteiger partial charge in [-0.2, -0.15) is 4.21 Å². The lowest BCUT2D eigenvalue weighted by Gasteiger charge is -1.88. The van der Waals surface area contributed by atoms with Gasteiger partial charge in [0.2, 0.25) is 0 Å². The molecule has 1 aromatic rings. The Labute approximate surface area is 76.5 Å². The molecule has 0 saturated carbocycles. The molecule has 0 fully saturated rings. The highest BCUT2D eigenvalue weighted by Crippen LogP contribution is 2.01. The highest BCUT2D eigenvalue weighted by Gasteiger charge is 1.94. The maximum absolute atomic E-state index is 12.4. The van der Waals surface area contributed by atoms with Crippen molar-refractivity contribution in [1.82, 2.24) is 0 Å². The van der Waals surface area contributed by atoms with Gasteiger partial charge in [0, 0.05) is 0 Å². The van der Waals surface area contributed by atoms with Crippen LogP contribution >= 0.6 is 0 Å². The summed E-state index contributed by atoms with van der Waals surface area (Å²) in [5.41, 5.74) is 0.109. The van der Waals surface area contributed by atoms with Gasteiger partial charge in [-0.25, -0.2) is 4.39 Å². The first-order valence-electron chi connectivity index (χ1n) is 3.07. The molecule has 1 aromatic carbocycles. The number of carbonyl (C=O) groups excluding carboxylic acids is 1. The summed E-state index contributed by atoms with van der Waals surface area (Å²) >= 11 is -2.61. The zero-order chi connectivity index (χ0) is 10.3. The van der Waals surface area contributed by atoms with Crippen molar-refractivity contribution in [2.75, 3.05) is 0 Å². The molecule has 4 nitrogen and oxygen atoms in total. The SMILES string of the molecule is O=Cc1ccccc1F.O=S(O)O. The van der Waals surface area contributed by atoms with E-state index in [0.29, 0.717) is 6.29 Å². The predicted molar refractivity (Wildman–Crippen MR) is 45.2 cm³/mol. The van der Waals surface area contributed by atoms with E-state index in [1.165, 1.54) is 12.1 Å². The standard InChI is InChI=1S/C7H5FO.H2O3S/c8-7-4-2-1-3-6(7)5-9;1-4(2)3/h1-5H;(H2,1,2,3). The largest absolute Gasteiger partial charge is 0.299 e. The molecule has 2 N–H and O–H groups in total. The van der Waals surface area contributed by atoms with Crippen molar-refractivity contribution in [2.45, 2.75) is 0 Å². The van der Waals surface area contributed by atoms with E-state index < -0.39 is 17.2 Å². The van der Waals surface area contributed by atoms with Gasteiger partial charge in [0.05, 0.1) is 5.56 Å². The molecule has 0 unspecified atom stereocenters. The fraction of sp³-hybridized carbons (Fsp3) is 0. The lowest BCUT2D eigenvalue weighted by Crippen LogP contribution is -1.83. The third-order valence-corrected chi connectivity index (χ3v) is 1.03. The maximum atomic E-state index is 12.4. The molecule has 1 rings (SSSR count). The first kappa shape index (κ1) is 11.9. The molecule has 0 bridgehead atoms. The van der Waals surface area contributed by atoms with E-state index in [9.17, 15) is 9.18 Å². The smallest absolute Gasteiger partial charge is 0.298 e. The average molecular weight is 206 g/mol. The summed E-state index contributed by atoms with van der Waals surface area (Å²) < 4.78 is 35.2. The quantitative estimate of drug-likeness (QED) is 0.536. The highest BCUT2D eigenvalue weighted by atomic mass is 32.2. The van der Waals surface area contributed by atoms with Crippen LogP contribution in [0.1, 0.15) is 10.4 Å². The van der Waals surface area contributed by atoms with Crippen LogP contribution in [-0.2, 0) is 11.4 Å². The second-order valence-electron chi connectivity index (χ2n) is 1.87. The Bertz CT molecular complexity index is 298. The lowest BCUT2D eigenvalue weighted by molar-refractivity contribution is 0.112. The molecular weight excluding hydrogens is 199 g/mol. The van der Waals surface area contributed by atoms with E-state index in [0.717, 1.165) is 0 Å². The molecular formula is C7H7FO4S. The summed E-state index contributed by atoms with van der Waals surface area (Å²) in [6.07, 6.45) is 0.495. The average Bonchev–Trinajstić information content (AvgIpc) is 2.04. The number of benzene rings is 1. The number of aldehydes is 1. The van der Waals surface area contributed by atoms with Crippen LogP contribution in [0.2, 0.25) is 0 Å². The molecule has 0 atom stereocenters. The molecule has 0 spiro atoms. The molecule has 0 aliphatic rings. The topological polar surface area (TPSA) is 74.6 Å². The highest BCUT2D eigenvalue weighted by molar-refractivity contribution is 7.73. The zero-order valence-corrected chi connectivity index (χ0v) is 7.20. The first-order valence-corrected chi connectivity index (χ1v) is 4.14. The third-order valence-electron chi connectivity index (χ3n) is 1.03. The van der Waals surface area contributed by atoms with Gasteiger partial charge >= 0.3 is 0 Å². The molecule has 0 saturated heterocycles. The predicted octanol–water partition coefficient (Wildman–Crippen LogP) is 1.32. The monoisotopic (exact) mass is 206 g/mol. The number of halogens is 1. The second kappa shape index (κ2) is 6.41. The maximum Gasteiger partial charge on any atom is 0.299 e. The van der Waals surface area contributed by atoms with Crippen LogP contribution in [0.5, 0.6) is 0 Å². The molecule has 0 amide bonds. The Hall–Kier alpha value is -1.11. The summed E-state index contributed by atoms with van der Waals surface area (Å²) in [6.45, 7) is 0. The Kier molecular flexibility index (Phi) is 5.86. The van der Waals surface area contributed by atoms with Gasteiger partial charge in [-0.1, -0.05) is 12.1 Å². The number of rotatable bonds is 1. The Morgan fingerprint density at radius 3 is 2.08 bits per heavy atom. The van der Waals surface area contributed by atoms with Crippen molar-refractivity contribution in [1.29, 1.82) is 0 Å². The van der Waals surface area contributed by atoms with Gasteiger partial charge in [0.15, 0.2) is 6.29 Å². The van der Waals surface area contributed by atoms with E-state index in [2.05, 4.69) is 0 Å². The van der Waals surface area contributed by atoms with Crippen molar-refractivity contribution in [3.63, 3.8) is 0 Å². The summed E-state index contributed by atoms with van der Waals surface area (Å²) in [7, 11) is 0. The van der Waals surface area contributed by atoms with Crippen LogP contribution in [0.25, 0.3) is 0 Å². The van der Waals surface area contributed by atoms with Gasteiger partial charge in [0.1, 0.15) is 5.82 Å². The van der Waals surface area contributed by atoms with Crippen LogP contribution in [0, 0.1) is 5.82 Å². The minimum absolute atomic E-state index is 0.109. The van der Waals surface area contributed by atoms with Gasteiger partial charge in [0.25, 0.3) is 11.4 Å². The van der Waals surface area contributed by atoms with Crippen molar-refractivity contribution < 1.29 is 22.5 Å². The van der Waals surface area contributed by atoms with Gasteiger partial charge in [-0.15, -0.1) is 0 Å². The first-order chi connectivity index (χ1) is 6.07. The minimum atomic E-state index is -2.61. The van der Waals surface area contributed by atoms with Gasteiger partial charge < -0.3 is 0 Å². The zero-order valence-electron chi connectivity index (χ0n) is 6.38. The number of hydrogen-bond donors (Lipinski definition) is 2. The molecule has 0 aromatic heterocycles. The summed E-state index contributed by atoms with van der Waals surface area (Å²) in [5.74, 6) is -0.465. The van der Waals surface area contributed by atoms with Gasteiger partial charge in [-0.3, -0.25) is 13.9 Å². The molecule has 0 aliphatic heterocycles. The van der Waals surface area contributed by atoms with Gasteiger partial charge in [-0.05, 0) is 12.1 Å². The fourth-order valence-corrected chi connectivity index (χ4v) is 0.571. The van der Waals surface area contributed by atoms with Crippen LogP contribution in [-0.4, -0.2) is 19.6 Å². The third kappa shape index (κ3) is 6.09. The summed E-state index contributed by atoms with van der Waals surface area (Å²) in [6, 6.07) is 5.85. The molecule has 6 heteroatoms. The van der Waals surface area contributed by atoms with E-state index >= 15 is 0 Å². The molecule has 72 valence electrons. The molecule has 0 radical (unpaired) electrons. The van der Waals surface area contributed by atoms with Crippen molar-refractivity contribution >= 4 is 17.6 Å². The summed E-state index contributed by atoms with van der Waals surface area (Å²) in [4.78, 5) is 9.99. The molecule has 0 aliphatic carbocycles. The van der Waals surface area contributed by atoms with Crippen molar-refractivity contribution in [2.24, 2.45) is 0 Å². The van der Waals surface area contributed by atoms with Crippen LogP contribution in [0.3, 0.4) is 0 Å². The number of hydrogen-bond acceptors (Lipinski definition) is 2. The van der Waals surface area contributed by atoms with Crippen LogP contribution < -0.4 is 0 Å². The van der Waals surface area contributed by atoms with E-state index in [1.54, 1.807) is 12.1 Å².